The van der Waals surface area contributed by atoms with E-state index < -0.39 is 23.1 Å². The second kappa shape index (κ2) is 5.26. The molecule has 0 amide bonds. The standard InChI is InChI=1S/C15H17F2NO3/c16-9-5-10(17)7-13(6-9)21-12-3-4-15(8-12,14(19)20)18-11-1-2-11/h5-7,11-12,18H,1-4,8H2,(H,19,20). The quantitative estimate of drug-likeness (QED) is 0.876. The summed E-state index contributed by atoms with van der Waals surface area (Å²) in [7, 11) is 0. The molecule has 2 saturated carbocycles. The van der Waals surface area contributed by atoms with Crippen molar-refractivity contribution in [2.24, 2.45) is 0 Å². The number of nitrogens with one attached hydrogen (secondary N) is 1. The molecule has 4 nitrogen and oxygen atoms in total. The highest BCUT2D eigenvalue weighted by Crippen LogP contribution is 2.36. The maximum atomic E-state index is 13.1. The van der Waals surface area contributed by atoms with E-state index in [0.29, 0.717) is 19.3 Å². The van der Waals surface area contributed by atoms with Gasteiger partial charge in [-0.25, -0.2) is 8.78 Å². The number of hydrogen-bond acceptors (Lipinski definition) is 3. The first-order valence-corrected chi connectivity index (χ1v) is 7.11. The van der Waals surface area contributed by atoms with Crippen LogP contribution in [0.2, 0.25) is 0 Å². The molecule has 3 rings (SSSR count). The van der Waals surface area contributed by atoms with Crippen molar-refractivity contribution in [3.8, 4) is 5.75 Å². The topological polar surface area (TPSA) is 58.6 Å². The molecule has 21 heavy (non-hydrogen) atoms. The van der Waals surface area contributed by atoms with E-state index in [1.165, 1.54) is 0 Å². The molecule has 2 aliphatic carbocycles. The van der Waals surface area contributed by atoms with Crippen LogP contribution < -0.4 is 10.1 Å². The maximum absolute atomic E-state index is 13.1. The summed E-state index contributed by atoms with van der Waals surface area (Å²) in [4.78, 5) is 11.6. The molecule has 2 aliphatic rings. The van der Waals surface area contributed by atoms with E-state index in [-0.39, 0.29) is 17.9 Å². The first-order chi connectivity index (χ1) is 9.97. The van der Waals surface area contributed by atoms with Gasteiger partial charge < -0.3 is 9.84 Å². The largest absolute Gasteiger partial charge is 0.490 e. The molecule has 1 aromatic carbocycles. The monoisotopic (exact) mass is 297 g/mol. The van der Waals surface area contributed by atoms with Gasteiger partial charge in [0.1, 0.15) is 29.0 Å². The third kappa shape index (κ3) is 3.15. The molecule has 0 aliphatic heterocycles. The Kier molecular flexibility index (Phi) is 3.57. The van der Waals surface area contributed by atoms with Crippen LogP contribution in [0.4, 0.5) is 8.78 Å². The van der Waals surface area contributed by atoms with Crippen molar-refractivity contribution in [3.05, 3.63) is 29.8 Å². The van der Waals surface area contributed by atoms with Crippen molar-refractivity contribution < 1.29 is 23.4 Å². The third-order valence-electron chi connectivity index (χ3n) is 4.08. The number of halogens is 2. The Morgan fingerprint density at radius 3 is 2.48 bits per heavy atom. The smallest absolute Gasteiger partial charge is 0.324 e. The van der Waals surface area contributed by atoms with Crippen molar-refractivity contribution in [2.75, 3.05) is 0 Å². The lowest BCUT2D eigenvalue weighted by Gasteiger charge is -2.26. The first kappa shape index (κ1) is 14.3. The molecule has 1 aromatic rings. The van der Waals surface area contributed by atoms with Gasteiger partial charge in [-0.1, -0.05) is 0 Å². The highest BCUT2D eigenvalue weighted by atomic mass is 19.1. The molecular formula is C15H17F2NO3. The van der Waals surface area contributed by atoms with Gasteiger partial charge in [0.05, 0.1) is 0 Å². The second-order valence-corrected chi connectivity index (χ2v) is 5.89. The zero-order valence-electron chi connectivity index (χ0n) is 11.4. The highest BCUT2D eigenvalue weighted by Gasteiger charge is 2.49. The fraction of sp³-hybridized carbons (Fsp3) is 0.533. The average molecular weight is 297 g/mol. The molecule has 2 fully saturated rings. The Labute approximate surface area is 121 Å². The molecule has 2 atom stereocenters. The number of carboxylic acid groups (broad SMARTS) is 1. The Bertz CT molecular complexity index is 542. The maximum Gasteiger partial charge on any atom is 0.324 e. The average Bonchev–Trinajstić information content (AvgIpc) is 3.08. The Morgan fingerprint density at radius 1 is 1.24 bits per heavy atom. The van der Waals surface area contributed by atoms with Gasteiger partial charge in [-0.2, -0.15) is 0 Å². The molecular weight excluding hydrogens is 280 g/mol. The lowest BCUT2D eigenvalue weighted by atomic mass is 9.97. The Balaban J connectivity index is 1.69. The summed E-state index contributed by atoms with van der Waals surface area (Å²) in [5.41, 5.74) is -0.975. The lowest BCUT2D eigenvalue weighted by molar-refractivity contribution is -0.145. The van der Waals surface area contributed by atoms with Crippen LogP contribution in [-0.4, -0.2) is 28.8 Å². The summed E-state index contributed by atoms with van der Waals surface area (Å²) in [6, 6.07) is 3.26. The summed E-state index contributed by atoms with van der Waals surface area (Å²) < 4.78 is 31.8. The number of carboxylic acids is 1. The predicted molar refractivity (Wildman–Crippen MR) is 71.1 cm³/mol. The van der Waals surface area contributed by atoms with Crippen LogP contribution in [0.15, 0.2) is 18.2 Å². The van der Waals surface area contributed by atoms with Crippen molar-refractivity contribution in [1.29, 1.82) is 0 Å². The highest BCUT2D eigenvalue weighted by molar-refractivity contribution is 5.79. The van der Waals surface area contributed by atoms with E-state index in [4.69, 9.17) is 4.74 Å². The van der Waals surface area contributed by atoms with Gasteiger partial charge in [-0.3, -0.25) is 10.1 Å². The van der Waals surface area contributed by atoms with E-state index in [2.05, 4.69) is 5.32 Å². The molecule has 2 unspecified atom stereocenters. The van der Waals surface area contributed by atoms with Gasteiger partial charge in [-0.15, -0.1) is 0 Å². The van der Waals surface area contributed by atoms with Crippen LogP contribution in [0.1, 0.15) is 32.1 Å². The van der Waals surface area contributed by atoms with Crippen molar-refractivity contribution in [1.82, 2.24) is 5.32 Å². The number of aliphatic carboxylic acids is 1. The van der Waals surface area contributed by atoms with Crippen molar-refractivity contribution >= 4 is 5.97 Å². The molecule has 6 heteroatoms. The summed E-state index contributed by atoms with van der Waals surface area (Å²) in [5.74, 6) is -2.19. The minimum Gasteiger partial charge on any atom is -0.490 e. The normalized spacial score (nSPS) is 28.6. The van der Waals surface area contributed by atoms with Crippen LogP contribution >= 0.6 is 0 Å². The van der Waals surface area contributed by atoms with E-state index in [1.807, 2.05) is 0 Å². The van der Waals surface area contributed by atoms with Gasteiger partial charge in [-0.05, 0) is 25.7 Å². The van der Waals surface area contributed by atoms with Crippen LogP contribution in [0.3, 0.4) is 0 Å². The fourth-order valence-corrected chi connectivity index (χ4v) is 2.90. The Hall–Kier alpha value is -1.69. The zero-order chi connectivity index (χ0) is 15.0. The number of benzene rings is 1. The summed E-state index contributed by atoms with van der Waals surface area (Å²) >= 11 is 0. The van der Waals surface area contributed by atoms with Crippen LogP contribution in [0.25, 0.3) is 0 Å². The molecule has 0 radical (unpaired) electrons. The van der Waals surface area contributed by atoms with E-state index in [0.717, 1.165) is 31.0 Å². The minimum absolute atomic E-state index is 0.102. The first-order valence-electron chi connectivity index (χ1n) is 7.11. The van der Waals surface area contributed by atoms with Crippen molar-refractivity contribution in [2.45, 2.75) is 49.8 Å². The predicted octanol–water partition coefficient (Wildman–Crippen LogP) is 2.47. The van der Waals surface area contributed by atoms with Crippen LogP contribution in [0.5, 0.6) is 5.75 Å². The van der Waals surface area contributed by atoms with Gasteiger partial charge in [0.15, 0.2) is 0 Å². The molecule has 114 valence electrons. The molecule has 0 spiro atoms. The lowest BCUT2D eigenvalue weighted by Crippen LogP contribution is -2.51. The van der Waals surface area contributed by atoms with Crippen LogP contribution in [-0.2, 0) is 4.79 Å². The second-order valence-electron chi connectivity index (χ2n) is 5.89. The molecule has 0 heterocycles. The zero-order valence-corrected chi connectivity index (χ0v) is 11.4. The fourth-order valence-electron chi connectivity index (χ4n) is 2.90. The number of rotatable bonds is 5. The third-order valence-corrected chi connectivity index (χ3v) is 4.08. The SMILES string of the molecule is O=C(O)C1(NC2CC2)CCC(Oc2cc(F)cc(F)c2)C1. The van der Waals surface area contributed by atoms with Gasteiger partial charge in [0, 0.05) is 30.7 Å². The van der Waals surface area contributed by atoms with Crippen molar-refractivity contribution in [3.63, 3.8) is 0 Å². The van der Waals surface area contributed by atoms with Crippen LogP contribution in [0, 0.1) is 11.6 Å². The van der Waals surface area contributed by atoms with Gasteiger partial charge in [0.25, 0.3) is 0 Å². The minimum atomic E-state index is -0.975. The summed E-state index contributed by atoms with van der Waals surface area (Å²) in [6.07, 6.45) is 2.95. The molecule has 0 bridgehead atoms. The summed E-state index contributed by atoms with van der Waals surface area (Å²) in [6.45, 7) is 0. The number of ether oxygens (including phenoxy) is 1. The van der Waals surface area contributed by atoms with Gasteiger partial charge >= 0.3 is 5.97 Å². The van der Waals surface area contributed by atoms with E-state index >= 15 is 0 Å². The Morgan fingerprint density at radius 2 is 1.90 bits per heavy atom. The van der Waals surface area contributed by atoms with Gasteiger partial charge in [0.2, 0.25) is 0 Å². The summed E-state index contributed by atoms with van der Waals surface area (Å²) in [5, 5.41) is 12.7. The number of carbonyl (C=O) groups is 1. The molecule has 2 N–H and O–H groups in total. The number of hydrogen-bond donors (Lipinski definition) is 2. The van der Waals surface area contributed by atoms with E-state index in [9.17, 15) is 18.7 Å². The van der Waals surface area contributed by atoms with E-state index in [1.54, 1.807) is 0 Å². The molecule has 0 aromatic heterocycles. The molecule has 0 saturated heterocycles.